The highest BCUT2D eigenvalue weighted by Gasteiger charge is 2.35. The Balaban J connectivity index is 1.66. The molecule has 2 aromatic rings. The van der Waals surface area contributed by atoms with Crippen molar-refractivity contribution in [3.8, 4) is 17.2 Å². The molecule has 1 saturated carbocycles. The normalized spacial score (nSPS) is 18.1. The maximum Gasteiger partial charge on any atom is 0.318 e. The van der Waals surface area contributed by atoms with Gasteiger partial charge in [0.2, 0.25) is 5.91 Å². The molecule has 33 heavy (non-hydrogen) atoms. The number of amides is 3. The average molecular weight is 454 g/mol. The number of hydrogen-bond acceptors (Lipinski definition) is 5. The van der Waals surface area contributed by atoms with E-state index in [0.717, 1.165) is 35.3 Å². The molecule has 176 valence electrons. The standard InChI is InChI=1S/C25H31N3O5/c1-15(24(29)27-18-7-8-18)26-25(30)28-12-11-17-13-21(32-3)22(33-4)14-20(17)23(28)16-5-9-19(31-2)10-6-16/h5-6,9-10,13-15,18,23H,7-8,11-12H2,1-4H3,(H,26,30)(H,27,29)/t15-,23-/m1/s1. The van der Waals surface area contributed by atoms with Gasteiger partial charge in [0.25, 0.3) is 0 Å². The van der Waals surface area contributed by atoms with Crippen LogP contribution >= 0.6 is 0 Å². The molecule has 1 fully saturated rings. The molecule has 1 heterocycles. The molecule has 0 saturated heterocycles. The monoisotopic (exact) mass is 453 g/mol. The average Bonchev–Trinajstić information content (AvgIpc) is 3.66. The summed E-state index contributed by atoms with van der Waals surface area (Å²) >= 11 is 0. The van der Waals surface area contributed by atoms with Gasteiger partial charge in [-0.15, -0.1) is 0 Å². The van der Waals surface area contributed by atoms with Gasteiger partial charge in [0.15, 0.2) is 11.5 Å². The lowest BCUT2D eigenvalue weighted by atomic mass is 9.87. The third-order valence-electron chi connectivity index (χ3n) is 6.22. The maximum absolute atomic E-state index is 13.4. The zero-order valence-corrected chi connectivity index (χ0v) is 19.5. The van der Waals surface area contributed by atoms with Crippen LogP contribution in [0.5, 0.6) is 17.2 Å². The van der Waals surface area contributed by atoms with E-state index in [1.807, 2.05) is 36.4 Å². The number of urea groups is 1. The van der Waals surface area contributed by atoms with Gasteiger partial charge in [-0.2, -0.15) is 0 Å². The van der Waals surface area contributed by atoms with Crippen molar-refractivity contribution in [3.05, 3.63) is 53.1 Å². The van der Waals surface area contributed by atoms with Crippen LogP contribution in [-0.4, -0.2) is 56.8 Å². The lowest BCUT2D eigenvalue weighted by molar-refractivity contribution is -0.122. The number of rotatable bonds is 7. The largest absolute Gasteiger partial charge is 0.497 e. The number of ether oxygens (including phenoxy) is 3. The zero-order valence-electron chi connectivity index (χ0n) is 19.5. The Morgan fingerprint density at radius 2 is 1.67 bits per heavy atom. The third-order valence-corrected chi connectivity index (χ3v) is 6.22. The minimum atomic E-state index is -0.624. The van der Waals surface area contributed by atoms with Crippen LogP contribution in [0.15, 0.2) is 36.4 Å². The molecule has 0 spiro atoms. The van der Waals surface area contributed by atoms with Crippen molar-refractivity contribution in [2.24, 2.45) is 0 Å². The summed E-state index contributed by atoms with van der Waals surface area (Å²) in [4.78, 5) is 27.5. The molecule has 0 radical (unpaired) electrons. The molecule has 8 heteroatoms. The first-order valence-corrected chi connectivity index (χ1v) is 11.2. The van der Waals surface area contributed by atoms with Gasteiger partial charge in [-0.05, 0) is 67.1 Å². The highest BCUT2D eigenvalue weighted by Crippen LogP contribution is 2.41. The second-order valence-electron chi connectivity index (χ2n) is 8.48. The van der Waals surface area contributed by atoms with E-state index in [2.05, 4.69) is 10.6 Å². The van der Waals surface area contributed by atoms with Gasteiger partial charge in [-0.25, -0.2) is 4.79 Å². The van der Waals surface area contributed by atoms with Crippen LogP contribution in [0.25, 0.3) is 0 Å². The predicted molar refractivity (Wildman–Crippen MR) is 124 cm³/mol. The Morgan fingerprint density at radius 3 is 2.27 bits per heavy atom. The van der Waals surface area contributed by atoms with Crippen molar-refractivity contribution in [2.45, 2.75) is 44.3 Å². The molecule has 2 N–H and O–H groups in total. The van der Waals surface area contributed by atoms with Crippen molar-refractivity contribution in [3.63, 3.8) is 0 Å². The summed E-state index contributed by atoms with van der Waals surface area (Å²) in [7, 11) is 4.83. The van der Waals surface area contributed by atoms with Crippen molar-refractivity contribution in [2.75, 3.05) is 27.9 Å². The molecule has 8 nitrogen and oxygen atoms in total. The minimum absolute atomic E-state index is 0.157. The van der Waals surface area contributed by atoms with Crippen molar-refractivity contribution < 1.29 is 23.8 Å². The summed E-state index contributed by atoms with van der Waals surface area (Å²) < 4.78 is 16.3. The minimum Gasteiger partial charge on any atom is -0.497 e. The summed E-state index contributed by atoms with van der Waals surface area (Å²) in [5.74, 6) is 1.85. The van der Waals surface area contributed by atoms with Crippen LogP contribution in [0.2, 0.25) is 0 Å². The number of nitrogens with one attached hydrogen (secondary N) is 2. The molecule has 2 aromatic carbocycles. The fraction of sp³-hybridized carbons (Fsp3) is 0.440. The molecule has 0 bridgehead atoms. The zero-order chi connectivity index (χ0) is 23.5. The summed E-state index contributed by atoms with van der Waals surface area (Å²) in [5.41, 5.74) is 3.00. The molecular weight excluding hydrogens is 422 g/mol. The summed E-state index contributed by atoms with van der Waals surface area (Å²) in [6.45, 7) is 2.21. The molecule has 0 unspecified atom stereocenters. The molecule has 2 aliphatic rings. The summed E-state index contributed by atoms with van der Waals surface area (Å²) in [6, 6.07) is 10.6. The molecule has 0 aromatic heterocycles. The van der Waals surface area contributed by atoms with E-state index in [9.17, 15) is 9.59 Å². The SMILES string of the molecule is COc1ccc([C@@H]2c3cc(OC)c(OC)cc3CCN2C(=O)N[C@H](C)C(=O)NC2CC2)cc1. The fourth-order valence-electron chi connectivity index (χ4n) is 4.20. The molecule has 1 aliphatic carbocycles. The number of fused-ring (bicyclic) bond motifs is 1. The Kier molecular flexibility index (Phi) is 6.62. The maximum atomic E-state index is 13.4. The van der Waals surface area contributed by atoms with Gasteiger partial charge in [0.1, 0.15) is 11.8 Å². The van der Waals surface area contributed by atoms with Crippen LogP contribution in [0.3, 0.4) is 0 Å². The predicted octanol–water partition coefficient (Wildman–Crippen LogP) is 3.04. The number of carbonyl (C=O) groups is 2. The van der Waals surface area contributed by atoms with Gasteiger partial charge >= 0.3 is 6.03 Å². The van der Waals surface area contributed by atoms with Gasteiger partial charge < -0.3 is 29.7 Å². The first kappa shape index (κ1) is 22.8. The third kappa shape index (κ3) is 4.84. The van der Waals surface area contributed by atoms with Gasteiger partial charge in [-0.3, -0.25) is 4.79 Å². The second-order valence-corrected chi connectivity index (χ2v) is 8.48. The Labute approximate surface area is 194 Å². The Hall–Kier alpha value is -3.42. The van der Waals surface area contributed by atoms with Crippen LogP contribution in [0.4, 0.5) is 4.79 Å². The topological polar surface area (TPSA) is 89.1 Å². The van der Waals surface area contributed by atoms with Crippen molar-refractivity contribution >= 4 is 11.9 Å². The van der Waals surface area contributed by atoms with Gasteiger partial charge in [-0.1, -0.05) is 12.1 Å². The van der Waals surface area contributed by atoms with E-state index in [-0.39, 0.29) is 24.0 Å². The molecule has 1 aliphatic heterocycles. The van der Waals surface area contributed by atoms with Crippen LogP contribution in [0.1, 0.15) is 42.5 Å². The van der Waals surface area contributed by atoms with E-state index in [4.69, 9.17) is 14.2 Å². The number of nitrogens with zero attached hydrogens (tertiary/aromatic N) is 1. The highest BCUT2D eigenvalue weighted by molar-refractivity contribution is 5.87. The molecule has 3 amide bonds. The quantitative estimate of drug-likeness (QED) is 0.673. The van der Waals surface area contributed by atoms with E-state index in [1.165, 1.54) is 0 Å². The van der Waals surface area contributed by atoms with Crippen LogP contribution in [0, 0.1) is 0 Å². The first-order chi connectivity index (χ1) is 15.9. The molecule has 2 atom stereocenters. The molecule has 4 rings (SSSR count). The van der Waals surface area contributed by atoms with Crippen LogP contribution in [-0.2, 0) is 11.2 Å². The lowest BCUT2D eigenvalue weighted by Gasteiger charge is -2.38. The van der Waals surface area contributed by atoms with E-state index < -0.39 is 6.04 Å². The lowest BCUT2D eigenvalue weighted by Crippen LogP contribution is -2.52. The summed E-state index contributed by atoms with van der Waals surface area (Å²) in [5, 5.41) is 5.83. The number of hydrogen-bond donors (Lipinski definition) is 2. The Bertz CT molecular complexity index is 1020. The summed E-state index contributed by atoms with van der Waals surface area (Å²) in [6.07, 6.45) is 2.67. The van der Waals surface area contributed by atoms with Crippen molar-refractivity contribution in [1.82, 2.24) is 15.5 Å². The fourth-order valence-corrected chi connectivity index (χ4v) is 4.20. The highest BCUT2D eigenvalue weighted by atomic mass is 16.5. The number of benzene rings is 2. The first-order valence-electron chi connectivity index (χ1n) is 11.2. The molecular formula is C25H31N3O5. The Morgan fingerprint density at radius 1 is 1.00 bits per heavy atom. The second kappa shape index (κ2) is 9.60. The van der Waals surface area contributed by atoms with Gasteiger partial charge in [0.05, 0.1) is 27.4 Å². The van der Waals surface area contributed by atoms with E-state index in [0.29, 0.717) is 24.5 Å². The number of carbonyl (C=O) groups excluding carboxylic acids is 2. The van der Waals surface area contributed by atoms with Gasteiger partial charge in [0, 0.05) is 12.6 Å². The van der Waals surface area contributed by atoms with E-state index in [1.54, 1.807) is 33.2 Å². The smallest absolute Gasteiger partial charge is 0.318 e. The van der Waals surface area contributed by atoms with E-state index >= 15 is 0 Å². The number of methoxy groups -OCH3 is 3. The van der Waals surface area contributed by atoms with Crippen LogP contribution < -0.4 is 24.8 Å². The van der Waals surface area contributed by atoms with Crippen molar-refractivity contribution in [1.29, 1.82) is 0 Å².